The van der Waals surface area contributed by atoms with Crippen LogP contribution in [0.25, 0.3) is 11.1 Å². The minimum atomic E-state index is -1.16. The SMILES string of the molecule is Cc1noc(C(=O)O)c1-c1ccc(O)cc1. The maximum Gasteiger partial charge on any atom is 0.375 e. The molecule has 16 heavy (non-hydrogen) atoms. The van der Waals surface area contributed by atoms with Crippen molar-refractivity contribution in [2.24, 2.45) is 0 Å². The molecule has 0 saturated heterocycles. The van der Waals surface area contributed by atoms with Crippen LogP contribution in [0, 0.1) is 6.92 Å². The molecule has 2 rings (SSSR count). The van der Waals surface area contributed by atoms with Crippen LogP contribution < -0.4 is 0 Å². The number of aromatic nitrogens is 1. The van der Waals surface area contributed by atoms with Crippen molar-refractivity contribution in [3.63, 3.8) is 0 Å². The largest absolute Gasteiger partial charge is 0.508 e. The Morgan fingerprint density at radius 1 is 1.31 bits per heavy atom. The number of rotatable bonds is 2. The molecule has 0 aliphatic rings. The average molecular weight is 219 g/mol. The molecule has 0 radical (unpaired) electrons. The van der Waals surface area contributed by atoms with Crippen molar-refractivity contribution >= 4 is 5.97 Å². The van der Waals surface area contributed by atoms with Gasteiger partial charge in [-0.1, -0.05) is 17.3 Å². The molecule has 0 spiro atoms. The van der Waals surface area contributed by atoms with Gasteiger partial charge in [0.1, 0.15) is 5.75 Å². The zero-order valence-corrected chi connectivity index (χ0v) is 8.47. The standard InChI is InChI=1S/C11H9NO4/c1-6-9(10(11(14)15)16-12-6)7-2-4-8(13)5-3-7/h2-5,13H,1H3,(H,14,15). The second-order valence-electron chi connectivity index (χ2n) is 3.32. The van der Waals surface area contributed by atoms with Gasteiger partial charge in [-0.05, 0) is 24.6 Å². The van der Waals surface area contributed by atoms with Crippen LogP contribution in [0.1, 0.15) is 16.2 Å². The van der Waals surface area contributed by atoms with Gasteiger partial charge in [0.15, 0.2) is 0 Å². The fourth-order valence-electron chi connectivity index (χ4n) is 1.48. The van der Waals surface area contributed by atoms with E-state index in [1.54, 1.807) is 19.1 Å². The molecule has 2 N–H and O–H groups in total. The predicted molar refractivity (Wildman–Crippen MR) is 55.3 cm³/mol. The molecule has 1 aromatic carbocycles. The lowest BCUT2D eigenvalue weighted by Crippen LogP contribution is -1.96. The van der Waals surface area contributed by atoms with Gasteiger partial charge in [0, 0.05) is 0 Å². The first-order valence-electron chi connectivity index (χ1n) is 4.58. The summed E-state index contributed by atoms with van der Waals surface area (Å²) in [6.07, 6.45) is 0. The fraction of sp³-hybridized carbons (Fsp3) is 0.0909. The fourth-order valence-corrected chi connectivity index (χ4v) is 1.48. The number of carboxylic acids is 1. The van der Waals surface area contributed by atoms with Gasteiger partial charge >= 0.3 is 5.97 Å². The summed E-state index contributed by atoms with van der Waals surface area (Å²) in [4.78, 5) is 10.9. The highest BCUT2D eigenvalue weighted by atomic mass is 16.5. The van der Waals surface area contributed by atoms with E-state index in [9.17, 15) is 4.79 Å². The smallest absolute Gasteiger partial charge is 0.375 e. The Bertz CT molecular complexity index is 527. The van der Waals surface area contributed by atoms with Crippen LogP contribution in [-0.2, 0) is 0 Å². The van der Waals surface area contributed by atoms with E-state index in [4.69, 9.17) is 14.7 Å². The van der Waals surface area contributed by atoms with E-state index in [1.165, 1.54) is 12.1 Å². The number of carbonyl (C=O) groups is 1. The van der Waals surface area contributed by atoms with Crippen molar-refractivity contribution in [2.75, 3.05) is 0 Å². The lowest BCUT2D eigenvalue weighted by molar-refractivity contribution is 0.0653. The monoisotopic (exact) mass is 219 g/mol. The summed E-state index contributed by atoms with van der Waals surface area (Å²) in [5, 5.41) is 21.7. The molecule has 0 aliphatic carbocycles. The minimum absolute atomic E-state index is 0.120. The van der Waals surface area contributed by atoms with E-state index in [-0.39, 0.29) is 11.5 Å². The van der Waals surface area contributed by atoms with Crippen LogP contribution in [-0.4, -0.2) is 21.3 Å². The minimum Gasteiger partial charge on any atom is -0.508 e. The summed E-state index contributed by atoms with van der Waals surface area (Å²) in [7, 11) is 0. The summed E-state index contributed by atoms with van der Waals surface area (Å²) >= 11 is 0. The molecule has 1 aromatic heterocycles. The number of phenolic OH excluding ortho intramolecular Hbond substituents is 1. The van der Waals surface area contributed by atoms with Gasteiger partial charge in [-0.2, -0.15) is 0 Å². The maximum absolute atomic E-state index is 10.9. The van der Waals surface area contributed by atoms with Crippen LogP contribution in [0.15, 0.2) is 28.8 Å². The van der Waals surface area contributed by atoms with Crippen molar-refractivity contribution in [1.82, 2.24) is 5.16 Å². The molecule has 0 fully saturated rings. The molecule has 5 heteroatoms. The molecule has 0 aliphatic heterocycles. The Morgan fingerprint density at radius 2 is 1.94 bits per heavy atom. The van der Waals surface area contributed by atoms with Gasteiger partial charge in [-0.25, -0.2) is 4.79 Å². The molecule has 0 saturated carbocycles. The summed E-state index contributed by atoms with van der Waals surface area (Å²) in [5.41, 5.74) is 1.59. The van der Waals surface area contributed by atoms with E-state index in [0.29, 0.717) is 16.8 Å². The first-order chi connectivity index (χ1) is 7.59. The predicted octanol–water partition coefficient (Wildman–Crippen LogP) is 2.05. The third-order valence-electron chi connectivity index (χ3n) is 2.21. The molecular weight excluding hydrogens is 210 g/mol. The number of phenols is 1. The quantitative estimate of drug-likeness (QED) is 0.807. The van der Waals surface area contributed by atoms with Crippen molar-refractivity contribution in [3.8, 4) is 16.9 Å². The highest BCUT2D eigenvalue weighted by molar-refractivity contribution is 5.93. The van der Waals surface area contributed by atoms with Crippen LogP contribution in [0.3, 0.4) is 0 Å². The molecule has 0 atom stereocenters. The number of benzene rings is 1. The third-order valence-corrected chi connectivity index (χ3v) is 2.21. The molecule has 0 bridgehead atoms. The Labute approximate surface area is 90.9 Å². The number of nitrogens with zero attached hydrogens (tertiary/aromatic N) is 1. The number of carboxylic acid groups (broad SMARTS) is 1. The Hall–Kier alpha value is -2.30. The Balaban J connectivity index is 2.58. The number of hydrogen-bond acceptors (Lipinski definition) is 4. The van der Waals surface area contributed by atoms with E-state index < -0.39 is 5.97 Å². The van der Waals surface area contributed by atoms with Crippen molar-refractivity contribution in [3.05, 3.63) is 35.7 Å². The van der Waals surface area contributed by atoms with Crippen molar-refractivity contribution < 1.29 is 19.5 Å². The Morgan fingerprint density at radius 3 is 2.50 bits per heavy atom. The van der Waals surface area contributed by atoms with Crippen LogP contribution in [0.4, 0.5) is 0 Å². The van der Waals surface area contributed by atoms with Crippen molar-refractivity contribution in [2.45, 2.75) is 6.92 Å². The van der Waals surface area contributed by atoms with Gasteiger partial charge in [0.05, 0.1) is 11.3 Å². The molecule has 82 valence electrons. The molecule has 2 aromatic rings. The average Bonchev–Trinajstić information content (AvgIpc) is 2.62. The maximum atomic E-state index is 10.9. The number of aromatic carboxylic acids is 1. The lowest BCUT2D eigenvalue weighted by atomic mass is 10.0. The Kier molecular flexibility index (Phi) is 2.36. The topological polar surface area (TPSA) is 83.6 Å². The van der Waals surface area contributed by atoms with Crippen LogP contribution in [0.2, 0.25) is 0 Å². The highest BCUT2D eigenvalue weighted by Gasteiger charge is 2.20. The second kappa shape index (κ2) is 3.69. The first kappa shape index (κ1) is 10.2. The van der Waals surface area contributed by atoms with E-state index in [1.807, 2.05) is 0 Å². The van der Waals surface area contributed by atoms with E-state index in [2.05, 4.69) is 5.16 Å². The highest BCUT2D eigenvalue weighted by Crippen LogP contribution is 2.28. The number of hydrogen-bond donors (Lipinski definition) is 2. The van der Waals surface area contributed by atoms with Crippen molar-refractivity contribution in [1.29, 1.82) is 0 Å². The molecule has 0 amide bonds. The summed E-state index contributed by atoms with van der Waals surface area (Å²) in [6.45, 7) is 1.66. The summed E-state index contributed by atoms with van der Waals surface area (Å²) in [6, 6.07) is 6.18. The second-order valence-corrected chi connectivity index (χ2v) is 3.32. The van der Waals surface area contributed by atoms with E-state index in [0.717, 1.165) is 0 Å². The normalized spacial score (nSPS) is 10.3. The summed E-state index contributed by atoms with van der Waals surface area (Å²) < 4.78 is 4.73. The zero-order chi connectivity index (χ0) is 11.7. The lowest BCUT2D eigenvalue weighted by Gasteiger charge is -2.00. The number of aryl methyl sites for hydroxylation is 1. The van der Waals surface area contributed by atoms with Gasteiger partial charge in [0.2, 0.25) is 0 Å². The molecule has 1 heterocycles. The summed E-state index contributed by atoms with van der Waals surface area (Å²) in [5.74, 6) is -1.23. The first-order valence-corrected chi connectivity index (χ1v) is 4.58. The van der Waals surface area contributed by atoms with Gasteiger partial charge in [0.25, 0.3) is 5.76 Å². The van der Waals surface area contributed by atoms with E-state index >= 15 is 0 Å². The molecule has 5 nitrogen and oxygen atoms in total. The zero-order valence-electron chi connectivity index (χ0n) is 8.47. The van der Waals surface area contributed by atoms with Crippen LogP contribution >= 0.6 is 0 Å². The van der Waals surface area contributed by atoms with Gasteiger partial charge in [-0.3, -0.25) is 0 Å². The van der Waals surface area contributed by atoms with Gasteiger partial charge < -0.3 is 14.7 Å². The third kappa shape index (κ3) is 1.63. The molecule has 0 unspecified atom stereocenters. The number of aromatic hydroxyl groups is 1. The molecular formula is C11H9NO4. The van der Waals surface area contributed by atoms with Gasteiger partial charge in [-0.15, -0.1) is 0 Å². The van der Waals surface area contributed by atoms with Crippen LogP contribution in [0.5, 0.6) is 5.75 Å².